The number of para-hydroxylation sites is 1. The molecule has 0 radical (unpaired) electrons. The van der Waals surface area contributed by atoms with Crippen LogP contribution in [0.2, 0.25) is 20.1 Å². The molecular formula is C19H12Cl4O5S. The van der Waals surface area contributed by atoms with Gasteiger partial charge in [0.05, 0.1) is 20.1 Å². The van der Waals surface area contributed by atoms with Gasteiger partial charge < -0.3 is 10.2 Å². The van der Waals surface area contributed by atoms with Crippen LogP contribution in [-0.4, -0.2) is 23.2 Å². The summed E-state index contributed by atoms with van der Waals surface area (Å²) in [7, 11) is -5.16. The third-order valence-electron chi connectivity index (χ3n) is 4.39. The first-order valence-electron chi connectivity index (χ1n) is 7.90. The smallest absolute Gasteiger partial charge is 0.283 e. The first-order valence-corrected chi connectivity index (χ1v) is 10.9. The molecule has 152 valence electrons. The molecule has 0 spiro atoms. The van der Waals surface area contributed by atoms with Crippen molar-refractivity contribution in [2.24, 2.45) is 0 Å². The Hall–Kier alpha value is -1.67. The van der Waals surface area contributed by atoms with Gasteiger partial charge in [0.2, 0.25) is 0 Å². The van der Waals surface area contributed by atoms with E-state index >= 15 is 0 Å². The van der Waals surface area contributed by atoms with Gasteiger partial charge >= 0.3 is 0 Å². The van der Waals surface area contributed by atoms with Gasteiger partial charge in [0, 0.05) is 22.8 Å². The Morgan fingerprint density at radius 3 is 1.93 bits per heavy atom. The molecule has 0 bridgehead atoms. The lowest BCUT2D eigenvalue weighted by molar-refractivity contribution is 0.439. The zero-order valence-corrected chi connectivity index (χ0v) is 18.1. The molecule has 0 aromatic heterocycles. The number of hydrogen-bond acceptors (Lipinski definition) is 4. The molecule has 3 aromatic carbocycles. The van der Waals surface area contributed by atoms with Crippen molar-refractivity contribution in [2.75, 3.05) is 0 Å². The molecule has 0 amide bonds. The van der Waals surface area contributed by atoms with Crippen LogP contribution in [0.3, 0.4) is 0 Å². The summed E-state index contributed by atoms with van der Waals surface area (Å²) in [6.45, 7) is 0. The Morgan fingerprint density at radius 2 is 1.31 bits per heavy atom. The fourth-order valence-electron chi connectivity index (χ4n) is 3.23. The van der Waals surface area contributed by atoms with Gasteiger partial charge in [0.1, 0.15) is 11.5 Å². The number of aromatic hydroxyl groups is 2. The van der Waals surface area contributed by atoms with Crippen LogP contribution in [0.15, 0.2) is 54.6 Å². The van der Waals surface area contributed by atoms with Gasteiger partial charge in [-0.1, -0.05) is 76.7 Å². The fourth-order valence-corrected chi connectivity index (χ4v) is 5.59. The summed E-state index contributed by atoms with van der Waals surface area (Å²) in [5, 5.41) is 20.0. The van der Waals surface area contributed by atoms with Gasteiger partial charge in [-0.15, -0.1) is 0 Å². The molecule has 0 aliphatic heterocycles. The fraction of sp³-hybridized carbons (Fsp3) is 0.0526. The van der Waals surface area contributed by atoms with E-state index < -0.39 is 26.4 Å². The molecule has 0 fully saturated rings. The van der Waals surface area contributed by atoms with E-state index in [1.165, 1.54) is 42.5 Å². The minimum Gasteiger partial charge on any atom is -0.508 e. The van der Waals surface area contributed by atoms with Crippen molar-refractivity contribution in [2.45, 2.75) is 4.75 Å². The Morgan fingerprint density at radius 1 is 0.724 bits per heavy atom. The lowest BCUT2D eigenvalue weighted by atomic mass is 9.83. The Bertz CT molecular complexity index is 1210. The van der Waals surface area contributed by atoms with Crippen LogP contribution in [0.4, 0.5) is 0 Å². The number of rotatable bonds is 4. The topological polar surface area (TPSA) is 94.8 Å². The van der Waals surface area contributed by atoms with Crippen LogP contribution in [0.25, 0.3) is 0 Å². The predicted molar refractivity (Wildman–Crippen MR) is 114 cm³/mol. The van der Waals surface area contributed by atoms with E-state index in [2.05, 4.69) is 0 Å². The standard InChI is InChI=1S/C19H12Cl4O5S/c20-14-6-3-5-12(17(14)22)19(29(26,27)28,11-4-1-2-7-16(11)25)13-8-10(24)9-15(21)18(13)23/h1-9,24-25H,(H,26,27,28). The molecule has 0 aliphatic rings. The molecule has 0 saturated heterocycles. The van der Waals surface area contributed by atoms with E-state index in [1.807, 2.05) is 0 Å². The summed E-state index contributed by atoms with van der Waals surface area (Å²) in [5.74, 6) is -0.896. The Balaban J connectivity index is 2.68. The van der Waals surface area contributed by atoms with E-state index in [0.717, 1.165) is 12.1 Å². The molecule has 0 heterocycles. The molecule has 0 saturated carbocycles. The van der Waals surface area contributed by atoms with E-state index in [1.54, 1.807) is 0 Å². The molecule has 5 nitrogen and oxygen atoms in total. The van der Waals surface area contributed by atoms with Gasteiger partial charge in [0.25, 0.3) is 10.1 Å². The van der Waals surface area contributed by atoms with Crippen molar-refractivity contribution in [3.8, 4) is 11.5 Å². The molecule has 1 unspecified atom stereocenters. The van der Waals surface area contributed by atoms with Crippen LogP contribution in [0.5, 0.6) is 11.5 Å². The second-order valence-corrected chi connectivity index (χ2v) is 9.20. The minimum absolute atomic E-state index is 0.00464. The normalized spacial score (nSPS) is 13.8. The summed E-state index contributed by atoms with van der Waals surface area (Å²) in [5.41, 5.74) is -0.785. The first kappa shape index (κ1) is 22.0. The van der Waals surface area contributed by atoms with Crippen molar-refractivity contribution < 1.29 is 23.2 Å². The highest BCUT2D eigenvalue weighted by atomic mass is 35.5. The van der Waals surface area contributed by atoms with Gasteiger partial charge in [-0.3, -0.25) is 4.55 Å². The molecular weight excluding hydrogens is 482 g/mol. The Kier molecular flexibility index (Phi) is 5.98. The molecule has 3 N–H and O–H groups in total. The SMILES string of the molecule is O=S(=O)(O)C(c1ccccc1O)(c1cccc(Cl)c1Cl)c1cc(O)cc(Cl)c1Cl. The third-order valence-corrected chi connectivity index (χ3v) is 7.45. The summed E-state index contributed by atoms with van der Waals surface area (Å²) in [6, 6.07) is 11.7. The van der Waals surface area contributed by atoms with Crippen molar-refractivity contribution in [1.82, 2.24) is 0 Å². The summed E-state index contributed by atoms with van der Waals surface area (Å²) in [6.07, 6.45) is 0. The van der Waals surface area contributed by atoms with Crippen molar-refractivity contribution >= 4 is 56.5 Å². The van der Waals surface area contributed by atoms with Gasteiger partial charge in [-0.2, -0.15) is 8.42 Å². The van der Waals surface area contributed by atoms with Gasteiger partial charge in [-0.05, 0) is 18.2 Å². The number of halogens is 4. The second-order valence-electron chi connectivity index (χ2n) is 6.06. The zero-order valence-electron chi connectivity index (χ0n) is 14.3. The van der Waals surface area contributed by atoms with Gasteiger partial charge in [-0.25, -0.2) is 0 Å². The monoisotopic (exact) mass is 492 g/mol. The van der Waals surface area contributed by atoms with Gasteiger partial charge in [0.15, 0.2) is 4.75 Å². The lowest BCUT2D eigenvalue weighted by Crippen LogP contribution is -2.39. The molecule has 10 heteroatoms. The van der Waals surface area contributed by atoms with E-state index in [4.69, 9.17) is 46.4 Å². The highest BCUT2D eigenvalue weighted by Crippen LogP contribution is 2.53. The largest absolute Gasteiger partial charge is 0.508 e. The maximum Gasteiger partial charge on any atom is 0.283 e. The van der Waals surface area contributed by atoms with Crippen LogP contribution < -0.4 is 0 Å². The van der Waals surface area contributed by atoms with E-state index in [-0.39, 0.29) is 36.8 Å². The Labute approximate surface area is 186 Å². The number of phenols is 2. The quantitative estimate of drug-likeness (QED) is 0.311. The maximum atomic E-state index is 13.0. The number of phenolic OH excluding ortho intramolecular Hbond substituents is 2. The number of benzene rings is 3. The summed E-state index contributed by atoms with van der Waals surface area (Å²) in [4.78, 5) is 0. The third kappa shape index (κ3) is 3.54. The van der Waals surface area contributed by atoms with Crippen molar-refractivity contribution in [3.05, 3.63) is 91.4 Å². The van der Waals surface area contributed by atoms with Crippen LogP contribution in [-0.2, 0) is 14.9 Å². The molecule has 1 atom stereocenters. The molecule has 3 rings (SSSR count). The van der Waals surface area contributed by atoms with Crippen LogP contribution in [0.1, 0.15) is 16.7 Å². The minimum atomic E-state index is -5.16. The van der Waals surface area contributed by atoms with Crippen molar-refractivity contribution in [1.29, 1.82) is 0 Å². The predicted octanol–water partition coefficient (Wildman–Crippen LogP) is 5.89. The lowest BCUT2D eigenvalue weighted by Gasteiger charge is -2.34. The van der Waals surface area contributed by atoms with E-state index in [0.29, 0.717) is 0 Å². The van der Waals surface area contributed by atoms with E-state index in [9.17, 15) is 23.2 Å². The number of hydrogen-bond donors (Lipinski definition) is 3. The van der Waals surface area contributed by atoms with Crippen molar-refractivity contribution in [3.63, 3.8) is 0 Å². The summed E-state index contributed by atoms with van der Waals surface area (Å²) < 4.78 is 34.0. The van der Waals surface area contributed by atoms with Crippen LogP contribution >= 0.6 is 46.4 Å². The second kappa shape index (κ2) is 7.87. The highest BCUT2D eigenvalue weighted by Gasteiger charge is 2.53. The van der Waals surface area contributed by atoms with Crippen LogP contribution in [0, 0.1) is 0 Å². The average molecular weight is 494 g/mol. The molecule has 29 heavy (non-hydrogen) atoms. The first-order chi connectivity index (χ1) is 13.5. The maximum absolute atomic E-state index is 13.0. The zero-order chi connectivity index (χ0) is 21.6. The highest BCUT2D eigenvalue weighted by molar-refractivity contribution is 7.87. The average Bonchev–Trinajstić information content (AvgIpc) is 2.63. The molecule has 3 aromatic rings. The summed E-state index contributed by atoms with van der Waals surface area (Å²) >= 11 is 24.8. The molecule has 0 aliphatic carbocycles.